The van der Waals surface area contributed by atoms with Gasteiger partial charge in [-0.2, -0.15) is 12.6 Å². The summed E-state index contributed by atoms with van der Waals surface area (Å²) >= 11 is 4.52. The monoisotopic (exact) mass is 291 g/mol. The molecule has 4 heteroatoms. The molecule has 0 spiro atoms. The zero-order valence-electron chi connectivity index (χ0n) is 11.5. The lowest BCUT2D eigenvalue weighted by molar-refractivity contribution is -0.136. The topological polar surface area (TPSA) is 40.5 Å². The van der Waals surface area contributed by atoms with Crippen LogP contribution in [-0.4, -0.2) is 39.4 Å². The minimum absolute atomic E-state index is 0.136. The van der Waals surface area contributed by atoms with Crippen LogP contribution in [0.3, 0.4) is 0 Å². The van der Waals surface area contributed by atoms with Gasteiger partial charge in [0.2, 0.25) is 5.91 Å². The van der Waals surface area contributed by atoms with Crippen molar-refractivity contribution in [3.05, 3.63) is 35.9 Å². The second kappa shape index (κ2) is 5.78. The number of nitrogens with zero attached hydrogens (tertiary/aromatic N) is 1. The fourth-order valence-electron chi connectivity index (χ4n) is 3.60. The van der Waals surface area contributed by atoms with Crippen LogP contribution in [0.1, 0.15) is 31.2 Å². The normalized spacial score (nSPS) is 30.3. The van der Waals surface area contributed by atoms with Crippen molar-refractivity contribution in [3.8, 4) is 0 Å². The first-order valence-electron chi connectivity index (χ1n) is 7.37. The molecular weight excluding hydrogens is 270 g/mol. The van der Waals surface area contributed by atoms with Gasteiger partial charge in [-0.1, -0.05) is 30.3 Å². The quantitative estimate of drug-likeness (QED) is 0.837. The number of fused-ring (bicyclic) bond motifs is 2. The van der Waals surface area contributed by atoms with Crippen LogP contribution in [0, 0.1) is 0 Å². The molecule has 3 rings (SSSR count). The number of carbonyl (C=O) groups is 1. The second-order valence-electron chi connectivity index (χ2n) is 5.96. The lowest BCUT2D eigenvalue weighted by atomic mass is 9.98. The fourth-order valence-corrected chi connectivity index (χ4v) is 3.95. The van der Waals surface area contributed by atoms with E-state index in [1.54, 1.807) is 0 Å². The predicted molar refractivity (Wildman–Crippen MR) is 81.8 cm³/mol. The van der Waals surface area contributed by atoms with Crippen molar-refractivity contribution >= 4 is 18.5 Å². The number of amides is 1. The number of piperidine rings is 1. The number of aliphatic hydroxyl groups is 1. The summed E-state index contributed by atoms with van der Waals surface area (Å²) in [5.74, 6) is 0.136. The third kappa shape index (κ3) is 2.72. The van der Waals surface area contributed by atoms with E-state index in [9.17, 15) is 9.90 Å². The molecule has 1 amide bonds. The van der Waals surface area contributed by atoms with Crippen molar-refractivity contribution in [2.24, 2.45) is 0 Å². The SMILES string of the molecule is O=C(C(S)Cc1ccccc1)N1C2CCC1CC(O)C2. The first-order chi connectivity index (χ1) is 9.65. The number of rotatable bonds is 3. The number of benzene rings is 1. The Balaban J connectivity index is 1.67. The Labute approximate surface area is 125 Å². The molecule has 0 aliphatic carbocycles. The largest absolute Gasteiger partial charge is 0.393 e. The van der Waals surface area contributed by atoms with Crippen LogP contribution in [0.5, 0.6) is 0 Å². The van der Waals surface area contributed by atoms with Gasteiger partial charge in [-0.3, -0.25) is 4.79 Å². The van der Waals surface area contributed by atoms with Crippen molar-refractivity contribution in [1.29, 1.82) is 0 Å². The van der Waals surface area contributed by atoms with E-state index >= 15 is 0 Å². The molecule has 1 aromatic carbocycles. The van der Waals surface area contributed by atoms with E-state index in [2.05, 4.69) is 12.6 Å². The van der Waals surface area contributed by atoms with E-state index in [0.717, 1.165) is 31.2 Å². The minimum atomic E-state index is -0.282. The molecule has 0 radical (unpaired) electrons. The Morgan fingerprint density at radius 1 is 1.25 bits per heavy atom. The fraction of sp³-hybridized carbons (Fsp3) is 0.562. The Kier molecular flexibility index (Phi) is 4.03. The lowest BCUT2D eigenvalue weighted by Crippen LogP contribution is -2.50. The Hall–Kier alpha value is -1.00. The molecule has 0 aromatic heterocycles. The number of thiol groups is 1. The van der Waals surface area contributed by atoms with Crippen LogP contribution < -0.4 is 0 Å². The highest BCUT2D eigenvalue weighted by atomic mass is 32.1. The van der Waals surface area contributed by atoms with Crippen molar-refractivity contribution in [1.82, 2.24) is 4.90 Å². The van der Waals surface area contributed by atoms with Gasteiger partial charge in [0.05, 0.1) is 11.4 Å². The van der Waals surface area contributed by atoms with Crippen LogP contribution in [-0.2, 0) is 11.2 Å². The minimum Gasteiger partial charge on any atom is -0.393 e. The Morgan fingerprint density at radius 3 is 2.45 bits per heavy atom. The molecular formula is C16H21NO2S. The zero-order valence-corrected chi connectivity index (χ0v) is 12.4. The number of hydrogen-bond donors (Lipinski definition) is 2. The molecule has 2 heterocycles. The van der Waals surface area contributed by atoms with Gasteiger partial charge in [0.25, 0.3) is 0 Å². The third-order valence-corrected chi connectivity index (χ3v) is 4.92. The zero-order chi connectivity index (χ0) is 14.1. The highest BCUT2D eigenvalue weighted by Gasteiger charge is 2.43. The molecule has 3 atom stereocenters. The maximum absolute atomic E-state index is 12.6. The van der Waals surface area contributed by atoms with Gasteiger partial charge in [-0.25, -0.2) is 0 Å². The summed E-state index contributed by atoms with van der Waals surface area (Å²) in [5, 5.41) is 9.52. The first-order valence-corrected chi connectivity index (χ1v) is 7.89. The van der Waals surface area contributed by atoms with E-state index in [1.807, 2.05) is 35.2 Å². The van der Waals surface area contributed by atoms with Crippen molar-refractivity contribution in [2.45, 2.75) is 55.5 Å². The molecule has 2 bridgehead atoms. The Bertz CT molecular complexity index is 465. The molecule has 2 aliphatic heterocycles. The molecule has 1 aromatic rings. The predicted octanol–water partition coefficient (Wildman–Crippen LogP) is 2.04. The van der Waals surface area contributed by atoms with E-state index in [1.165, 1.54) is 0 Å². The van der Waals surface area contributed by atoms with Gasteiger partial charge in [-0.15, -0.1) is 0 Å². The summed E-state index contributed by atoms with van der Waals surface area (Å²) in [4.78, 5) is 14.6. The van der Waals surface area contributed by atoms with Crippen LogP contribution >= 0.6 is 12.6 Å². The van der Waals surface area contributed by atoms with Gasteiger partial charge in [-0.05, 0) is 37.7 Å². The molecule has 2 fully saturated rings. The molecule has 2 saturated heterocycles. The molecule has 0 saturated carbocycles. The Morgan fingerprint density at radius 2 is 1.85 bits per heavy atom. The highest BCUT2D eigenvalue weighted by Crippen LogP contribution is 2.36. The average molecular weight is 291 g/mol. The summed E-state index contributed by atoms with van der Waals surface area (Å²) in [6, 6.07) is 10.5. The third-order valence-electron chi connectivity index (χ3n) is 4.52. The van der Waals surface area contributed by atoms with Crippen LogP contribution in [0.2, 0.25) is 0 Å². The van der Waals surface area contributed by atoms with E-state index in [-0.39, 0.29) is 29.3 Å². The standard InChI is InChI=1S/C16H21NO2S/c18-14-9-12-6-7-13(10-14)17(12)16(19)15(20)8-11-4-2-1-3-5-11/h1-5,12-15,18,20H,6-10H2. The summed E-state index contributed by atoms with van der Waals surface area (Å²) in [6.07, 6.45) is 3.95. The average Bonchev–Trinajstić information content (AvgIpc) is 2.71. The van der Waals surface area contributed by atoms with E-state index in [0.29, 0.717) is 6.42 Å². The highest BCUT2D eigenvalue weighted by molar-refractivity contribution is 7.81. The maximum atomic E-state index is 12.6. The van der Waals surface area contributed by atoms with Gasteiger partial charge in [0, 0.05) is 12.1 Å². The van der Waals surface area contributed by atoms with Gasteiger partial charge in [0.15, 0.2) is 0 Å². The number of hydrogen-bond acceptors (Lipinski definition) is 3. The van der Waals surface area contributed by atoms with Gasteiger partial charge in [0.1, 0.15) is 0 Å². The molecule has 1 N–H and O–H groups in total. The second-order valence-corrected chi connectivity index (χ2v) is 6.58. The summed E-state index contributed by atoms with van der Waals surface area (Å²) < 4.78 is 0. The summed E-state index contributed by atoms with van der Waals surface area (Å²) in [5.41, 5.74) is 1.14. The first kappa shape index (κ1) is 14.0. The van der Waals surface area contributed by atoms with Gasteiger partial charge >= 0.3 is 0 Å². The van der Waals surface area contributed by atoms with Crippen LogP contribution in [0.25, 0.3) is 0 Å². The van der Waals surface area contributed by atoms with Crippen LogP contribution in [0.4, 0.5) is 0 Å². The smallest absolute Gasteiger partial charge is 0.236 e. The summed E-state index contributed by atoms with van der Waals surface area (Å²) in [6.45, 7) is 0. The molecule has 3 unspecified atom stereocenters. The van der Waals surface area contributed by atoms with Crippen molar-refractivity contribution < 1.29 is 9.90 Å². The molecule has 20 heavy (non-hydrogen) atoms. The van der Waals surface area contributed by atoms with E-state index < -0.39 is 0 Å². The van der Waals surface area contributed by atoms with Gasteiger partial charge < -0.3 is 10.0 Å². The number of carbonyl (C=O) groups excluding carboxylic acids is 1. The molecule has 2 aliphatic rings. The molecule has 3 nitrogen and oxygen atoms in total. The molecule has 108 valence electrons. The lowest BCUT2D eigenvalue weighted by Gasteiger charge is -2.38. The van der Waals surface area contributed by atoms with Crippen LogP contribution in [0.15, 0.2) is 30.3 Å². The van der Waals surface area contributed by atoms with Crippen molar-refractivity contribution in [2.75, 3.05) is 0 Å². The van der Waals surface area contributed by atoms with Crippen molar-refractivity contribution in [3.63, 3.8) is 0 Å². The maximum Gasteiger partial charge on any atom is 0.236 e. The van der Waals surface area contributed by atoms with E-state index in [4.69, 9.17) is 0 Å². The number of aliphatic hydroxyl groups excluding tert-OH is 1. The summed E-state index contributed by atoms with van der Waals surface area (Å²) in [7, 11) is 0.